The Morgan fingerprint density at radius 2 is 1.56 bits per heavy atom. The Morgan fingerprint density at radius 1 is 0.926 bits per heavy atom. The number of ether oxygens (including phenoxy) is 3. The molecule has 0 unspecified atom stereocenters. The summed E-state index contributed by atoms with van der Waals surface area (Å²) in [5, 5.41) is 3.22. The van der Waals surface area contributed by atoms with Crippen LogP contribution in [-0.4, -0.2) is 38.2 Å². The first-order valence-corrected chi connectivity index (χ1v) is 8.97. The van der Waals surface area contributed by atoms with Gasteiger partial charge >= 0.3 is 5.97 Å². The summed E-state index contributed by atoms with van der Waals surface area (Å²) in [6.45, 7) is 2.02. The van der Waals surface area contributed by atoms with Crippen molar-refractivity contribution in [2.24, 2.45) is 0 Å². The van der Waals surface area contributed by atoms with Gasteiger partial charge in [0.25, 0.3) is 5.91 Å². The molecule has 0 heterocycles. The lowest BCUT2D eigenvalue weighted by Gasteiger charge is -2.09. The fourth-order valence-corrected chi connectivity index (χ4v) is 2.22. The Balaban J connectivity index is 1.56. The average molecular weight is 392 g/mol. The third-order valence-corrected chi connectivity index (χ3v) is 3.81. The molecule has 0 aliphatic carbocycles. The molecule has 2 aromatic rings. The smallest absolute Gasteiger partial charge is 0.344 e. The number of carbonyl (C=O) groups excluding carboxylic acids is 2. The van der Waals surface area contributed by atoms with E-state index >= 15 is 0 Å². The van der Waals surface area contributed by atoms with Crippen molar-refractivity contribution in [1.82, 2.24) is 5.32 Å². The van der Waals surface area contributed by atoms with E-state index in [9.17, 15) is 9.59 Å². The zero-order valence-corrected chi connectivity index (χ0v) is 15.8. The minimum absolute atomic E-state index is 0.252. The molecule has 0 saturated heterocycles. The van der Waals surface area contributed by atoms with Crippen LogP contribution < -0.4 is 14.8 Å². The molecule has 0 radical (unpaired) electrons. The summed E-state index contributed by atoms with van der Waals surface area (Å²) in [7, 11) is 0. The molecule has 0 aliphatic heterocycles. The Kier molecular flexibility index (Phi) is 8.45. The first-order valence-electron chi connectivity index (χ1n) is 8.59. The summed E-state index contributed by atoms with van der Waals surface area (Å²) < 4.78 is 15.6. The van der Waals surface area contributed by atoms with Crippen LogP contribution >= 0.6 is 11.6 Å². The topological polar surface area (TPSA) is 73.9 Å². The molecule has 0 atom stereocenters. The van der Waals surface area contributed by atoms with Gasteiger partial charge in [-0.3, -0.25) is 4.79 Å². The summed E-state index contributed by atoms with van der Waals surface area (Å²) in [5.41, 5.74) is 1.18. The molecule has 0 bridgehead atoms. The molecule has 0 aromatic heterocycles. The van der Waals surface area contributed by atoms with Gasteiger partial charge in [-0.15, -0.1) is 0 Å². The van der Waals surface area contributed by atoms with Crippen molar-refractivity contribution in [3.8, 4) is 11.5 Å². The number of carbonyl (C=O) groups is 2. The van der Waals surface area contributed by atoms with Crippen LogP contribution in [0.15, 0.2) is 48.5 Å². The number of aryl methyl sites for hydroxylation is 1. The van der Waals surface area contributed by atoms with E-state index in [1.165, 1.54) is 5.56 Å². The largest absolute Gasteiger partial charge is 0.492 e. The average Bonchev–Trinajstić information content (AvgIpc) is 2.69. The van der Waals surface area contributed by atoms with Crippen LogP contribution in [0.25, 0.3) is 0 Å². The summed E-state index contributed by atoms with van der Waals surface area (Å²) in [5.74, 6) is 0.217. The van der Waals surface area contributed by atoms with E-state index < -0.39 is 11.9 Å². The number of esters is 1. The second-order valence-electron chi connectivity index (χ2n) is 5.60. The van der Waals surface area contributed by atoms with Gasteiger partial charge in [-0.1, -0.05) is 30.7 Å². The van der Waals surface area contributed by atoms with Crippen LogP contribution in [0.1, 0.15) is 12.5 Å². The van der Waals surface area contributed by atoms with Gasteiger partial charge in [0.1, 0.15) is 18.1 Å². The SMILES string of the molecule is CCc1ccc(OCC(=O)OCC(=O)NCCOc2ccc(Cl)cc2)cc1. The normalized spacial score (nSPS) is 10.1. The van der Waals surface area contributed by atoms with Crippen LogP contribution in [0.5, 0.6) is 11.5 Å². The van der Waals surface area contributed by atoms with E-state index in [0.717, 1.165) is 6.42 Å². The van der Waals surface area contributed by atoms with Crippen molar-refractivity contribution in [2.75, 3.05) is 26.4 Å². The minimum Gasteiger partial charge on any atom is -0.492 e. The highest BCUT2D eigenvalue weighted by atomic mass is 35.5. The van der Waals surface area contributed by atoms with Gasteiger partial charge in [-0.05, 0) is 48.4 Å². The molecule has 0 fully saturated rings. The van der Waals surface area contributed by atoms with Gasteiger partial charge in [0.05, 0.1) is 6.54 Å². The number of hydrogen-bond donors (Lipinski definition) is 1. The standard InChI is InChI=1S/C20H22ClNO5/c1-2-15-3-7-18(8-4-15)26-14-20(24)27-13-19(23)22-11-12-25-17-9-5-16(21)6-10-17/h3-10H,2,11-14H2,1H3,(H,22,23). The Hall–Kier alpha value is -2.73. The van der Waals surface area contributed by atoms with Crippen molar-refractivity contribution in [3.63, 3.8) is 0 Å². The van der Waals surface area contributed by atoms with Crippen LogP contribution in [0, 0.1) is 0 Å². The van der Waals surface area contributed by atoms with E-state index in [1.807, 2.05) is 12.1 Å². The molecule has 0 aliphatic rings. The number of amides is 1. The van der Waals surface area contributed by atoms with Gasteiger partial charge in [0, 0.05) is 5.02 Å². The lowest BCUT2D eigenvalue weighted by Crippen LogP contribution is -2.32. The molecule has 6 nitrogen and oxygen atoms in total. The maximum absolute atomic E-state index is 11.6. The van der Waals surface area contributed by atoms with Crippen molar-refractivity contribution < 1.29 is 23.8 Å². The molecule has 1 N–H and O–H groups in total. The van der Waals surface area contributed by atoms with E-state index in [1.54, 1.807) is 36.4 Å². The van der Waals surface area contributed by atoms with Crippen LogP contribution in [-0.2, 0) is 20.7 Å². The molecule has 2 rings (SSSR count). The Morgan fingerprint density at radius 3 is 2.22 bits per heavy atom. The molecule has 0 spiro atoms. The predicted octanol–water partition coefficient (Wildman–Crippen LogP) is 3.02. The third-order valence-electron chi connectivity index (χ3n) is 3.56. The maximum atomic E-state index is 11.6. The molecular weight excluding hydrogens is 370 g/mol. The summed E-state index contributed by atoms with van der Waals surface area (Å²) >= 11 is 5.78. The van der Waals surface area contributed by atoms with Gasteiger partial charge in [0.2, 0.25) is 0 Å². The zero-order chi connectivity index (χ0) is 19.5. The van der Waals surface area contributed by atoms with Crippen molar-refractivity contribution in [2.45, 2.75) is 13.3 Å². The summed E-state index contributed by atoms with van der Waals surface area (Å²) in [6.07, 6.45) is 0.933. The quantitative estimate of drug-likeness (QED) is 0.498. The van der Waals surface area contributed by atoms with E-state index in [2.05, 4.69) is 12.2 Å². The highest BCUT2D eigenvalue weighted by molar-refractivity contribution is 6.30. The number of nitrogens with one attached hydrogen (secondary N) is 1. The first kappa shape index (κ1) is 20.6. The summed E-state index contributed by atoms with van der Waals surface area (Å²) in [4.78, 5) is 23.3. The second-order valence-corrected chi connectivity index (χ2v) is 6.04. The maximum Gasteiger partial charge on any atom is 0.344 e. The summed E-state index contributed by atoms with van der Waals surface area (Å²) in [6, 6.07) is 14.4. The molecule has 7 heteroatoms. The molecule has 1 amide bonds. The molecule has 144 valence electrons. The van der Waals surface area contributed by atoms with E-state index in [-0.39, 0.29) is 19.8 Å². The first-order chi connectivity index (χ1) is 13.1. The fourth-order valence-electron chi connectivity index (χ4n) is 2.09. The Labute approximate surface area is 163 Å². The lowest BCUT2D eigenvalue weighted by molar-refractivity contribution is -0.150. The minimum atomic E-state index is -0.609. The highest BCUT2D eigenvalue weighted by Crippen LogP contribution is 2.15. The van der Waals surface area contributed by atoms with Gasteiger partial charge < -0.3 is 19.5 Å². The van der Waals surface area contributed by atoms with Crippen molar-refractivity contribution in [1.29, 1.82) is 0 Å². The zero-order valence-electron chi connectivity index (χ0n) is 15.1. The van der Waals surface area contributed by atoms with Crippen LogP contribution in [0.3, 0.4) is 0 Å². The fraction of sp³-hybridized carbons (Fsp3) is 0.300. The molecule has 0 saturated carbocycles. The molecular formula is C20H22ClNO5. The Bertz CT molecular complexity index is 731. The van der Waals surface area contributed by atoms with Gasteiger partial charge in [-0.25, -0.2) is 4.79 Å². The third kappa shape index (κ3) is 8.00. The van der Waals surface area contributed by atoms with E-state index in [4.69, 9.17) is 25.8 Å². The lowest BCUT2D eigenvalue weighted by atomic mass is 10.2. The number of rotatable bonds is 10. The molecule has 2 aromatic carbocycles. The predicted molar refractivity (Wildman–Crippen MR) is 102 cm³/mol. The number of benzene rings is 2. The molecule has 27 heavy (non-hydrogen) atoms. The second kappa shape index (κ2) is 11.1. The van der Waals surface area contributed by atoms with Crippen LogP contribution in [0.4, 0.5) is 0 Å². The van der Waals surface area contributed by atoms with Crippen molar-refractivity contribution >= 4 is 23.5 Å². The van der Waals surface area contributed by atoms with Crippen LogP contribution in [0.2, 0.25) is 5.02 Å². The van der Waals surface area contributed by atoms with Gasteiger partial charge in [-0.2, -0.15) is 0 Å². The highest BCUT2D eigenvalue weighted by Gasteiger charge is 2.08. The van der Waals surface area contributed by atoms with Gasteiger partial charge in [0.15, 0.2) is 13.2 Å². The van der Waals surface area contributed by atoms with E-state index in [0.29, 0.717) is 23.1 Å². The number of hydrogen-bond acceptors (Lipinski definition) is 5. The van der Waals surface area contributed by atoms with Crippen molar-refractivity contribution in [3.05, 3.63) is 59.1 Å². The number of halogens is 1. The monoisotopic (exact) mass is 391 g/mol.